The Hall–Kier alpha value is -0.620. The molecule has 1 aliphatic heterocycles. The number of hydrogen-bond acceptors (Lipinski definition) is 3. The van der Waals surface area contributed by atoms with Crippen LogP contribution in [0.15, 0.2) is 0 Å². The topological polar surface area (TPSA) is 66.5 Å². The fraction of sp³-hybridized carbons (Fsp3) is 0.833. The van der Waals surface area contributed by atoms with Crippen molar-refractivity contribution in [3.63, 3.8) is 0 Å². The molecule has 70 valence electrons. The van der Waals surface area contributed by atoms with E-state index >= 15 is 0 Å². The van der Waals surface area contributed by atoms with Gasteiger partial charge in [0.15, 0.2) is 0 Å². The molecular formula is C6H12N2O3S. The van der Waals surface area contributed by atoms with E-state index in [-0.39, 0.29) is 6.54 Å². The van der Waals surface area contributed by atoms with Crippen LogP contribution in [0, 0.1) is 0 Å². The molecule has 0 aromatic rings. The Morgan fingerprint density at radius 2 is 1.92 bits per heavy atom. The van der Waals surface area contributed by atoms with Gasteiger partial charge in [-0.3, -0.25) is 4.79 Å². The lowest BCUT2D eigenvalue weighted by molar-refractivity contribution is -0.118. The largest absolute Gasteiger partial charge is 0.304 e. The number of amides is 1. The fourth-order valence-corrected chi connectivity index (χ4v) is 2.52. The smallest absolute Gasteiger partial charge is 0.272 e. The van der Waals surface area contributed by atoms with Crippen LogP contribution in [0.2, 0.25) is 0 Å². The van der Waals surface area contributed by atoms with Gasteiger partial charge in [-0.25, -0.2) is 4.72 Å². The number of nitrogens with zero attached hydrogens (tertiary/aromatic N) is 1. The third kappa shape index (κ3) is 1.59. The summed E-state index contributed by atoms with van der Waals surface area (Å²) in [5, 5.41) is 0. The van der Waals surface area contributed by atoms with Gasteiger partial charge in [0, 0.05) is 5.54 Å². The number of hydrogen-bond donors (Lipinski definition) is 1. The summed E-state index contributed by atoms with van der Waals surface area (Å²) >= 11 is 0. The molecule has 1 amide bonds. The van der Waals surface area contributed by atoms with Gasteiger partial charge < -0.3 is 0 Å². The molecule has 1 saturated heterocycles. The van der Waals surface area contributed by atoms with E-state index in [9.17, 15) is 13.2 Å². The highest BCUT2D eigenvalue weighted by Crippen LogP contribution is 2.19. The third-order valence-corrected chi connectivity index (χ3v) is 3.31. The van der Waals surface area contributed by atoms with E-state index in [1.807, 2.05) is 4.72 Å². The zero-order valence-electron chi connectivity index (χ0n) is 7.29. The van der Waals surface area contributed by atoms with Crippen LogP contribution in [0.5, 0.6) is 0 Å². The minimum Gasteiger partial charge on any atom is -0.272 e. The van der Waals surface area contributed by atoms with Crippen molar-refractivity contribution in [1.29, 1.82) is 0 Å². The highest BCUT2D eigenvalue weighted by molar-refractivity contribution is 7.88. The highest BCUT2D eigenvalue weighted by Gasteiger charge is 2.40. The number of carbonyl (C=O) groups is 1. The average molecular weight is 192 g/mol. The average Bonchev–Trinajstić information content (AvgIpc) is 2.02. The predicted molar refractivity (Wildman–Crippen MR) is 43.5 cm³/mol. The van der Waals surface area contributed by atoms with Crippen LogP contribution >= 0.6 is 0 Å². The van der Waals surface area contributed by atoms with Gasteiger partial charge in [-0.2, -0.15) is 12.7 Å². The number of carbonyl (C=O) groups excluding carboxylic acids is 1. The highest BCUT2D eigenvalue weighted by atomic mass is 32.2. The zero-order chi connectivity index (χ0) is 9.57. The summed E-state index contributed by atoms with van der Waals surface area (Å²) in [6.07, 6.45) is 0. The van der Waals surface area contributed by atoms with E-state index in [0.717, 1.165) is 4.31 Å². The van der Waals surface area contributed by atoms with E-state index < -0.39 is 21.7 Å². The molecule has 1 rings (SSSR count). The van der Waals surface area contributed by atoms with Crippen LogP contribution in [-0.4, -0.2) is 30.7 Å². The molecule has 1 heterocycles. The molecular weight excluding hydrogens is 180 g/mol. The Balaban J connectivity index is 3.02. The monoisotopic (exact) mass is 192 g/mol. The van der Waals surface area contributed by atoms with Crippen molar-refractivity contribution in [1.82, 2.24) is 9.03 Å². The van der Waals surface area contributed by atoms with E-state index in [1.54, 1.807) is 20.8 Å². The standard InChI is InChI=1S/C6H12N2O3S/c1-6(2,3)8-4-5(9)7-12(8,10)11/h4H2,1-3H3,(H,7,9). The Morgan fingerprint density at radius 3 is 2.08 bits per heavy atom. The van der Waals surface area contributed by atoms with Gasteiger partial charge in [0.25, 0.3) is 0 Å². The first-order chi connectivity index (χ1) is 5.23. The summed E-state index contributed by atoms with van der Waals surface area (Å²) in [5.41, 5.74) is -0.544. The van der Waals surface area contributed by atoms with Crippen molar-refractivity contribution in [2.75, 3.05) is 6.54 Å². The van der Waals surface area contributed by atoms with Crippen LogP contribution in [0.4, 0.5) is 0 Å². The summed E-state index contributed by atoms with van der Waals surface area (Å²) in [6, 6.07) is 0. The maximum Gasteiger partial charge on any atom is 0.304 e. The van der Waals surface area contributed by atoms with Crippen molar-refractivity contribution < 1.29 is 13.2 Å². The van der Waals surface area contributed by atoms with Crippen LogP contribution in [0.1, 0.15) is 20.8 Å². The molecule has 0 aliphatic carbocycles. The summed E-state index contributed by atoms with van der Waals surface area (Å²) < 4.78 is 25.5. The van der Waals surface area contributed by atoms with Crippen LogP contribution in [-0.2, 0) is 15.0 Å². The molecule has 1 fully saturated rings. The molecule has 6 heteroatoms. The number of nitrogens with one attached hydrogen (secondary N) is 1. The molecule has 0 atom stereocenters. The van der Waals surface area contributed by atoms with E-state index in [1.165, 1.54) is 0 Å². The molecule has 0 saturated carbocycles. The fourth-order valence-electron chi connectivity index (χ4n) is 1.04. The molecule has 0 bridgehead atoms. The molecule has 0 unspecified atom stereocenters. The SMILES string of the molecule is CC(C)(C)N1CC(=O)NS1(=O)=O. The first kappa shape index (κ1) is 9.47. The van der Waals surface area contributed by atoms with Gasteiger partial charge in [0.05, 0.1) is 6.54 Å². The van der Waals surface area contributed by atoms with Gasteiger partial charge in [0.2, 0.25) is 5.91 Å². The first-order valence-corrected chi connectivity index (χ1v) is 5.01. The maximum atomic E-state index is 11.2. The van der Waals surface area contributed by atoms with Gasteiger partial charge in [-0.1, -0.05) is 0 Å². The number of rotatable bonds is 0. The van der Waals surface area contributed by atoms with Gasteiger partial charge in [-0.05, 0) is 20.8 Å². The second kappa shape index (κ2) is 2.43. The Labute approximate surface area is 71.9 Å². The van der Waals surface area contributed by atoms with Crippen molar-refractivity contribution in [3.8, 4) is 0 Å². The minimum absolute atomic E-state index is 0.0775. The molecule has 0 radical (unpaired) electrons. The Bertz CT molecular complexity index is 301. The Morgan fingerprint density at radius 1 is 1.42 bits per heavy atom. The minimum atomic E-state index is -3.56. The quantitative estimate of drug-likeness (QED) is 0.560. The van der Waals surface area contributed by atoms with E-state index in [2.05, 4.69) is 0 Å². The normalized spacial score (nSPS) is 24.1. The molecule has 5 nitrogen and oxygen atoms in total. The lowest BCUT2D eigenvalue weighted by Gasteiger charge is -2.27. The van der Waals surface area contributed by atoms with Crippen LogP contribution in [0.3, 0.4) is 0 Å². The van der Waals surface area contributed by atoms with Crippen LogP contribution in [0.25, 0.3) is 0 Å². The van der Waals surface area contributed by atoms with Gasteiger partial charge in [-0.15, -0.1) is 0 Å². The lowest BCUT2D eigenvalue weighted by atomic mass is 10.1. The summed E-state index contributed by atoms with van der Waals surface area (Å²) in [5.74, 6) is -0.468. The van der Waals surface area contributed by atoms with Crippen molar-refractivity contribution in [3.05, 3.63) is 0 Å². The van der Waals surface area contributed by atoms with Gasteiger partial charge >= 0.3 is 10.2 Å². The molecule has 0 aromatic carbocycles. The van der Waals surface area contributed by atoms with E-state index in [4.69, 9.17) is 0 Å². The molecule has 12 heavy (non-hydrogen) atoms. The van der Waals surface area contributed by atoms with Crippen molar-refractivity contribution in [2.24, 2.45) is 0 Å². The summed E-state index contributed by atoms with van der Waals surface area (Å²) in [4.78, 5) is 10.8. The first-order valence-electron chi connectivity index (χ1n) is 3.57. The molecule has 0 spiro atoms. The van der Waals surface area contributed by atoms with E-state index in [0.29, 0.717) is 0 Å². The molecule has 1 aliphatic rings. The molecule has 1 N–H and O–H groups in total. The van der Waals surface area contributed by atoms with Crippen molar-refractivity contribution in [2.45, 2.75) is 26.3 Å². The second-order valence-electron chi connectivity index (χ2n) is 3.71. The lowest BCUT2D eigenvalue weighted by Crippen LogP contribution is -2.43. The molecule has 0 aromatic heterocycles. The Kier molecular flexibility index (Phi) is 1.92. The second-order valence-corrected chi connectivity index (χ2v) is 5.30. The maximum absolute atomic E-state index is 11.2. The predicted octanol–water partition coefficient (Wildman–Crippen LogP) is -0.538. The van der Waals surface area contributed by atoms with Crippen LogP contribution < -0.4 is 4.72 Å². The van der Waals surface area contributed by atoms with Gasteiger partial charge in [0.1, 0.15) is 0 Å². The third-order valence-electron chi connectivity index (χ3n) is 1.57. The zero-order valence-corrected chi connectivity index (χ0v) is 8.10. The summed E-state index contributed by atoms with van der Waals surface area (Å²) in [6.45, 7) is 5.15. The van der Waals surface area contributed by atoms with Crippen molar-refractivity contribution >= 4 is 16.1 Å². The summed E-state index contributed by atoms with van der Waals surface area (Å²) in [7, 11) is -3.56.